The van der Waals surface area contributed by atoms with E-state index in [1.54, 1.807) is 12.1 Å². The molecule has 1 atom stereocenters. The van der Waals surface area contributed by atoms with Crippen LogP contribution in [0.4, 0.5) is 5.69 Å². The number of hydrogen-bond donors (Lipinski definition) is 3. The van der Waals surface area contributed by atoms with Gasteiger partial charge in [0.25, 0.3) is 5.91 Å². The van der Waals surface area contributed by atoms with Crippen molar-refractivity contribution in [3.05, 3.63) is 24.3 Å². The van der Waals surface area contributed by atoms with Gasteiger partial charge in [0.2, 0.25) is 10.0 Å². The van der Waals surface area contributed by atoms with E-state index in [2.05, 4.69) is 5.32 Å². The first-order chi connectivity index (χ1) is 10.9. The Bertz CT molecular complexity index is 638. The fourth-order valence-corrected chi connectivity index (χ4v) is 3.54. The summed E-state index contributed by atoms with van der Waals surface area (Å²) >= 11 is 0. The predicted molar refractivity (Wildman–Crippen MR) is 89.7 cm³/mol. The lowest BCUT2D eigenvalue weighted by atomic mass is 10.1. The second-order valence-corrected chi connectivity index (χ2v) is 7.77. The molecule has 0 unspecified atom stereocenters. The topological polar surface area (TPSA) is 93.7 Å². The zero-order valence-corrected chi connectivity index (χ0v) is 14.4. The number of primary sulfonamides is 1. The van der Waals surface area contributed by atoms with Gasteiger partial charge in [-0.25, -0.2) is 13.6 Å². The van der Waals surface area contributed by atoms with E-state index in [1.165, 1.54) is 36.3 Å². The molecule has 0 aromatic heterocycles. The molecular formula is C16H26N3O3S+. The van der Waals surface area contributed by atoms with Crippen molar-refractivity contribution in [2.24, 2.45) is 5.14 Å². The minimum atomic E-state index is -3.77. The summed E-state index contributed by atoms with van der Waals surface area (Å²) in [6.45, 7) is 3.94. The molecule has 0 aliphatic carbocycles. The first-order valence-corrected chi connectivity index (χ1v) is 9.71. The highest BCUT2D eigenvalue weighted by molar-refractivity contribution is 7.89. The van der Waals surface area contributed by atoms with Gasteiger partial charge in [-0.3, -0.25) is 4.79 Å². The Morgan fingerprint density at radius 3 is 2.39 bits per heavy atom. The summed E-state index contributed by atoms with van der Waals surface area (Å²) < 4.78 is 22.8. The van der Waals surface area contributed by atoms with Crippen molar-refractivity contribution in [3.8, 4) is 0 Å². The molecule has 0 saturated carbocycles. The SMILES string of the molecule is C[C@H](C(=O)Nc1cccc(S(N)(=O)=O)c1)[NH+]1CCCCCCC1. The van der Waals surface area contributed by atoms with Crippen molar-refractivity contribution in [3.63, 3.8) is 0 Å². The lowest BCUT2D eigenvalue weighted by Crippen LogP contribution is -3.16. The lowest BCUT2D eigenvalue weighted by Gasteiger charge is -2.27. The van der Waals surface area contributed by atoms with Gasteiger partial charge in [-0.1, -0.05) is 12.5 Å². The van der Waals surface area contributed by atoms with Crippen molar-refractivity contribution in [1.29, 1.82) is 0 Å². The third-order valence-corrected chi connectivity index (χ3v) is 5.34. The average molecular weight is 340 g/mol. The van der Waals surface area contributed by atoms with Gasteiger partial charge in [0.15, 0.2) is 6.04 Å². The number of rotatable bonds is 4. The summed E-state index contributed by atoms with van der Waals surface area (Å²) in [5.41, 5.74) is 0.458. The van der Waals surface area contributed by atoms with Crippen LogP contribution in [0, 0.1) is 0 Å². The Balaban J connectivity index is 2.03. The standard InChI is InChI=1S/C16H25N3O3S/c1-13(19-10-5-3-2-4-6-11-19)16(20)18-14-8-7-9-15(12-14)23(17,21)22/h7-9,12-13H,2-6,10-11H2,1H3,(H,18,20)(H2,17,21,22)/p+1/t13-/m1/s1. The molecule has 1 aromatic carbocycles. The molecule has 1 fully saturated rings. The lowest BCUT2D eigenvalue weighted by molar-refractivity contribution is -0.914. The molecule has 0 spiro atoms. The van der Waals surface area contributed by atoms with Gasteiger partial charge < -0.3 is 10.2 Å². The van der Waals surface area contributed by atoms with Crippen LogP contribution in [-0.2, 0) is 14.8 Å². The smallest absolute Gasteiger partial charge is 0.282 e. The van der Waals surface area contributed by atoms with Crippen molar-refractivity contribution in [1.82, 2.24) is 0 Å². The van der Waals surface area contributed by atoms with Crippen LogP contribution in [0.1, 0.15) is 39.0 Å². The third kappa shape index (κ3) is 5.30. The molecule has 23 heavy (non-hydrogen) atoms. The maximum Gasteiger partial charge on any atom is 0.282 e. The normalized spacial score (nSPS) is 18.7. The van der Waals surface area contributed by atoms with Gasteiger partial charge in [0.1, 0.15) is 0 Å². The molecule has 1 aromatic rings. The van der Waals surface area contributed by atoms with Gasteiger partial charge >= 0.3 is 0 Å². The van der Waals surface area contributed by atoms with E-state index < -0.39 is 10.0 Å². The Morgan fingerprint density at radius 1 is 1.17 bits per heavy atom. The molecule has 0 radical (unpaired) electrons. The number of nitrogens with two attached hydrogens (primary N) is 1. The van der Waals surface area contributed by atoms with Gasteiger partial charge in [-0.15, -0.1) is 0 Å². The van der Waals surface area contributed by atoms with Crippen LogP contribution in [0.2, 0.25) is 0 Å². The Hall–Kier alpha value is -1.44. The summed E-state index contributed by atoms with van der Waals surface area (Å²) in [7, 11) is -3.77. The van der Waals surface area contributed by atoms with Crippen LogP contribution in [-0.4, -0.2) is 33.5 Å². The van der Waals surface area contributed by atoms with Gasteiger partial charge in [-0.05, 0) is 50.8 Å². The van der Waals surface area contributed by atoms with Gasteiger partial charge in [0, 0.05) is 5.69 Å². The van der Waals surface area contributed by atoms with E-state index in [0.29, 0.717) is 5.69 Å². The van der Waals surface area contributed by atoms with Crippen LogP contribution in [0.3, 0.4) is 0 Å². The highest BCUT2D eigenvalue weighted by Gasteiger charge is 2.25. The van der Waals surface area contributed by atoms with Crippen molar-refractivity contribution in [2.45, 2.75) is 50.0 Å². The average Bonchev–Trinajstić information content (AvgIpc) is 2.45. The number of hydrogen-bond acceptors (Lipinski definition) is 3. The number of sulfonamides is 1. The van der Waals surface area contributed by atoms with E-state index in [1.807, 2.05) is 6.92 Å². The zero-order valence-electron chi connectivity index (χ0n) is 13.5. The number of amides is 1. The molecule has 1 heterocycles. The van der Waals surface area contributed by atoms with Gasteiger partial charge in [-0.2, -0.15) is 0 Å². The summed E-state index contributed by atoms with van der Waals surface area (Å²) in [6.07, 6.45) is 6.04. The monoisotopic (exact) mass is 340 g/mol. The number of quaternary nitrogens is 1. The highest BCUT2D eigenvalue weighted by atomic mass is 32.2. The summed E-state index contributed by atoms with van der Waals surface area (Å²) in [4.78, 5) is 13.8. The van der Waals surface area contributed by atoms with Crippen LogP contribution in [0.5, 0.6) is 0 Å². The first-order valence-electron chi connectivity index (χ1n) is 8.16. The number of nitrogens with one attached hydrogen (secondary N) is 2. The zero-order chi connectivity index (χ0) is 16.9. The molecule has 128 valence electrons. The van der Waals surface area contributed by atoms with Crippen LogP contribution < -0.4 is 15.4 Å². The number of benzene rings is 1. The fourth-order valence-electron chi connectivity index (χ4n) is 2.98. The summed E-state index contributed by atoms with van der Waals surface area (Å²) in [5, 5.41) is 7.93. The van der Waals surface area contributed by atoms with Crippen LogP contribution >= 0.6 is 0 Å². The minimum Gasteiger partial charge on any atom is -0.325 e. The quantitative estimate of drug-likeness (QED) is 0.745. The Labute approximate surface area is 138 Å². The molecular weight excluding hydrogens is 314 g/mol. The molecule has 1 aliphatic rings. The number of likely N-dealkylation sites (tertiary alicyclic amines) is 1. The maximum absolute atomic E-state index is 12.5. The minimum absolute atomic E-state index is 0.00144. The predicted octanol–water partition coefficient (Wildman–Crippen LogP) is 0.510. The van der Waals surface area contributed by atoms with Crippen molar-refractivity contribution < 1.29 is 18.1 Å². The van der Waals surface area contributed by atoms with Crippen molar-refractivity contribution >= 4 is 21.6 Å². The van der Waals surface area contributed by atoms with Crippen molar-refractivity contribution in [2.75, 3.05) is 18.4 Å². The van der Waals surface area contributed by atoms with E-state index in [4.69, 9.17) is 5.14 Å². The Kier molecular flexibility index (Phi) is 6.15. The molecule has 1 amide bonds. The van der Waals surface area contributed by atoms with E-state index >= 15 is 0 Å². The highest BCUT2D eigenvalue weighted by Crippen LogP contribution is 2.14. The summed E-state index contributed by atoms with van der Waals surface area (Å²) in [5.74, 6) is -0.0906. The first kappa shape index (κ1) is 17.9. The number of carbonyl (C=O) groups excluding carboxylic acids is 1. The summed E-state index contributed by atoms with van der Waals surface area (Å²) in [6, 6.07) is 5.89. The second-order valence-electron chi connectivity index (χ2n) is 6.21. The molecule has 1 saturated heterocycles. The molecule has 1 aliphatic heterocycles. The third-order valence-electron chi connectivity index (χ3n) is 4.43. The van der Waals surface area contributed by atoms with E-state index in [0.717, 1.165) is 25.9 Å². The van der Waals surface area contributed by atoms with E-state index in [9.17, 15) is 13.2 Å². The van der Waals surface area contributed by atoms with E-state index in [-0.39, 0.29) is 16.8 Å². The Morgan fingerprint density at radius 2 is 1.78 bits per heavy atom. The maximum atomic E-state index is 12.5. The van der Waals surface area contributed by atoms with Crippen LogP contribution in [0.25, 0.3) is 0 Å². The fraction of sp³-hybridized carbons (Fsp3) is 0.562. The largest absolute Gasteiger partial charge is 0.325 e. The molecule has 2 rings (SSSR count). The van der Waals surface area contributed by atoms with Crippen LogP contribution in [0.15, 0.2) is 29.2 Å². The molecule has 6 nitrogen and oxygen atoms in total. The number of anilines is 1. The molecule has 0 bridgehead atoms. The van der Waals surface area contributed by atoms with Gasteiger partial charge in [0.05, 0.1) is 18.0 Å². The second kappa shape index (κ2) is 7.90. The molecule has 7 heteroatoms. The molecule has 4 N–H and O–H groups in total. The number of carbonyl (C=O) groups is 1.